The Hall–Kier alpha value is -3.30. The second-order valence-electron chi connectivity index (χ2n) is 11.4. The quantitative estimate of drug-likeness (QED) is 0.0929. The van der Waals surface area contributed by atoms with Gasteiger partial charge in [0.15, 0.2) is 11.6 Å². The fraction of sp³-hybridized carbons (Fsp3) is 0.568. The molecule has 3 rings (SSSR count). The number of pyridine rings is 1. The van der Waals surface area contributed by atoms with E-state index in [1.807, 2.05) is 87.8 Å². The number of ether oxygens (including phenoxy) is 1. The fourth-order valence-electron chi connectivity index (χ4n) is 5.19. The van der Waals surface area contributed by atoms with E-state index in [4.69, 9.17) is 4.74 Å². The zero-order valence-corrected chi connectivity index (χ0v) is 30.4. The number of nitrogens with zero attached hydrogens (tertiary/aromatic N) is 4. The number of nitrogens with one attached hydrogen (secondary N) is 1. The van der Waals surface area contributed by atoms with Gasteiger partial charge in [0.05, 0.1) is 30.3 Å². The number of aromatic nitrogens is 2. The molecule has 9 heteroatoms. The Labute approximate surface area is 276 Å². The van der Waals surface area contributed by atoms with Gasteiger partial charge in [0.2, 0.25) is 5.83 Å². The van der Waals surface area contributed by atoms with E-state index >= 15 is 4.39 Å². The Morgan fingerprint density at radius 2 is 1.83 bits per heavy atom. The third kappa shape index (κ3) is 10.1. The summed E-state index contributed by atoms with van der Waals surface area (Å²) in [6.07, 6.45) is 6.62. The van der Waals surface area contributed by atoms with Gasteiger partial charge in [-0.1, -0.05) is 60.6 Å². The second-order valence-corrected chi connectivity index (χ2v) is 11.4. The molecule has 0 spiro atoms. The minimum atomic E-state index is -1.18. The van der Waals surface area contributed by atoms with Gasteiger partial charge in [-0.3, -0.25) is 9.41 Å². The lowest BCUT2D eigenvalue weighted by Crippen LogP contribution is -2.26. The predicted molar refractivity (Wildman–Crippen MR) is 190 cm³/mol. The molecule has 258 valence electrons. The summed E-state index contributed by atoms with van der Waals surface area (Å²) in [7, 11) is 3.71. The van der Waals surface area contributed by atoms with Crippen LogP contribution < -0.4 is 5.32 Å². The summed E-state index contributed by atoms with van der Waals surface area (Å²) in [6.45, 7) is 23.3. The number of imidazole rings is 1. The summed E-state index contributed by atoms with van der Waals surface area (Å²) in [4.78, 5) is 4.59. The van der Waals surface area contributed by atoms with E-state index < -0.39 is 17.8 Å². The lowest BCUT2D eigenvalue weighted by molar-refractivity contribution is 0.187. The largest absolute Gasteiger partial charge is 0.489 e. The Balaban J connectivity index is 0.00000254. The van der Waals surface area contributed by atoms with Gasteiger partial charge in [0, 0.05) is 48.5 Å². The van der Waals surface area contributed by atoms with Crippen LogP contribution in [-0.4, -0.2) is 52.0 Å². The lowest BCUT2D eigenvalue weighted by Gasteiger charge is -2.30. The van der Waals surface area contributed by atoms with Crippen molar-refractivity contribution in [3.05, 3.63) is 76.6 Å². The van der Waals surface area contributed by atoms with Gasteiger partial charge in [0.1, 0.15) is 5.65 Å². The van der Waals surface area contributed by atoms with Gasteiger partial charge in [-0.2, -0.15) is 9.49 Å². The molecule has 2 aromatic heterocycles. The van der Waals surface area contributed by atoms with E-state index in [1.54, 1.807) is 24.9 Å². The van der Waals surface area contributed by atoms with Crippen LogP contribution in [0.25, 0.3) is 11.2 Å². The molecule has 2 heterocycles. The van der Waals surface area contributed by atoms with Crippen molar-refractivity contribution in [2.75, 3.05) is 20.7 Å². The van der Waals surface area contributed by atoms with Gasteiger partial charge in [-0.05, 0) is 71.2 Å². The van der Waals surface area contributed by atoms with E-state index in [-0.39, 0.29) is 24.2 Å². The number of hydrogen-bond acceptors (Lipinski definition) is 6. The third-order valence-corrected chi connectivity index (χ3v) is 8.08. The minimum Gasteiger partial charge on any atom is -0.489 e. The van der Waals surface area contributed by atoms with Crippen LogP contribution in [0.4, 0.5) is 8.78 Å². The molecule has 1 atom stereocenters. The van der Waals surface area contributed by atoms with Crippen LogP contribution >= 0.6 is 0 Å². The van der Waals surface area contributed by atoms with Gasteiger partial charge >= 0.3 is 0 Å². The molecule has 0 bridgehead atoms. The highest BCUT2D eigenvalue weighted by molar-refractivity contribution is 5.86. The first-order chi connectivity index (χ1) is 21.9. The van der Waals surface area contributed by atoms with E-state index in [2.05, 4.69) is 26.4 Å². The Morgan fingerprint density at radius 1 is 1.20 bits per heavy atom. The number of hydrogen-bond donors (Lipinski definition) is 2. The second kappa shape index (κ2) is 20.0. The van der Waals surface area contributed by atoms with Crippen LogP contribution in [0, 0.1) is 5.92 Å². The van der Waals surface area contributed by atoms with Gasteiger partial charge in [-0.25, -0.2) is 9.37 Å². The van der Waals surface area contributed by atoms with Crippen molar-refractivity contribution >= 4 is 16.9 Å². The summed E-state index contributed by atoms with van der Waals surface area (Å²) in [6, 6.07) is 3.84. The molecule has 7 nitrogen and oxygen atoms in total. The van der Waals surface area contributed by atoms with E-state index in [0.717, 1.165) is 53.1 Å². The molecule has 0 amide bonds. The number of allylic oxidation sites excluding steroid dienone is 5. The van der Waals surface area contributed by atoms with Crippen molar-refractivity contribution in [2.45, 2.75) is 113 Å². The van der Waals surface area contributed by atoms with Crippen molar-refractivity contribution in [1.82, 2.24) is 19.7 Å². The molecule has 2 aromatic rings. The summed E-state index contributed by atoms with van der Waals surface area (Å²) in [5.74, 6) is -2.11. The summed E-state index contributed by atoms with van der Waals surface area (Å²) >= 11 is 0. The first kappa shape index (κ1) is 40.7. The molecule has 1 aliphatic carbocycles. The molecule has 1 aliphatic rings. The molecular weight excluding hydrogens is 584 g/mol. The summed E-state index contributed by atoms with van der Waals surface area (Å²) in [5, 5.41) is 19.8. The van der Waals surface area contributed by atoms with Crippen LogP contribution in [0.5, 0.6) is 0 Å². The molecule has 1 unspecified atom stereocenters. The molecule has 46 heavy (non-hydrogen) atoms. The average molecular weight is 644 g/mol. The number of rotatable bonds is 14. The Bertz CT molecular complexity index is 1400. The number of aliphatic hydroxyl groups excluding tert-OH is 1. The fourth-order valence-corrected chi connectivity index (χ4v) is 5.19. The van der Waals surface area contributed by atoms with E-state index in [1.165, 1.54) is 0 Å². The Kier molecular flexibility index (Phi) is 17.7. The van der Waals surface area contributed by atoms with Crippen molar-refractivity contribution < 1.29 is 18.6 Å². The van der Waals surface area contributed by atoms with Crippen molar-refractivity contribution in [2.24, 2.45) is 11.0 Å². The standard InChI is InChI=1S/C33H47F2N5O2.2C2H6/c1-10-27(28-14-15-29-37-19-26(18-36-8)40(29)31(28)25-12-11-13-25)33(30(35)22(5)34)42-17-16-21(4)24(7)39(9)38-23(6)32(41)20(2)3;2*1-2/h10,14-15,19-20,25,32,36,41H,5,11-13,16-18H2,1-4,6-9H3;2*1-2H3/b24-21+,27-10-,33-30-,38-23+;;. The van der Waals surface area contributed by atoms with Gasteiger partial charge in [0.25, 0.3) is 0 Å². The third-order valence-electron chi connectivity index (χ3n) is 8.08. The smallest absolute Gasteiger partial charge is 0.200 e. The van der Waals surface area contributed by atoms with Crippen LogP contribution in [0.15, 0.2) is 64.8 Å². The van der Waals surface area contributed by atoms with Gasteiger partial charge < -0.3 is 15.2 Å². The molecule has 0 aliphatic heterocycles. The number of halogens is 2. The first-order valence-electron chi connectivity index (χ1n) is 16.7. The van der Waals surface area contributed by atoms with Crippen molar-refractivity contribution in [1.29, 1.82) is 0 Å². The number of aliphatic hydroxyl groups is 1. The van der Waals surface area contributed by atoms with Gasteiger partial charge in [-0.15, -0.1) is 0 Å². The molecule has 1 saturated carbocycles. The highest BCUT2D eigenvalue weighted by Crippen LogP contribution is 2.43. The maximum atomic E-state index is 15.4. The van der Waals surface area contributed by atoms with Crippen LogP contribution in [0.1, 0.15) is 118 Å². The normalized spacial score (nSPS) is 15.6. The van der Waals surface area contributed by atoms with Crippen LogP contribution in [0.2, 0.25) is 0 Å². The zero-order valence-electron chi connectivity index (χ0n) is 30.4. The molecule has 0 saturated heterocycles. The Morgan fingerprint density at radius 3 is 2.33 bits per heavy atom. The maximum Gasteiger partial charge on any atom is 0.200 e. The van der Waals surface area contributed by atoms with Crippen LogP contribution in [0.3, 0.4) is 0 Å². The number of hydrazone groups is 1. The zero-order chi connectivity index (χ0) is 35.1. The predicted octanol–water partition coefficient (Wildman–Crippen LogP) is 9.47. The lowest BCUT2D eigenvalue weighted by atomic mass is 9.79. The number of fused-ring (bicyclic) bond motifs is 1. The van der Waals surface area contributed by atoms with E-state index in [9.17, 15) is 9.50 Å². The van der Waals surface area contributed by atoms with Crippen molar-refractivity contribution in [3.63, 3.8) is 0 Å². The first-order valence-corrected chi connectivity index (χ1v) is 16.7. The molecule has 0 radical (unpaired) electrons. The highest BCUT2D eigenvalue weighted by atomic mass is 19.2. The molecule has 0 aromatic carbocycles. The molecule has 1 fully saturated rings. The SMILES string of the molecule is C=C(F)/C(F)=C(OCC/C(C)=C(\C)N(C)/N=C(\C)C(O)C(C)C)\C(=C/C)c1ccc2ncc(CNC)n2c1C1CCC1.CC.CC. The average Bonchev–Trinajstić information content (AvgIpc) is 3.44. The summed E-state index contributed by atoms with van der Waals surface area (Å²) < 4.78 is 37.9. The molecular formula is C37H59F2N5O2. The highest BCUT2D eigenvalue weighted by Gasteiger charge is 2.29. The summed E-state index contributed by atoms with van der Waals surface area (Å²) in [5.41, 5.74) is 6.63. The molecule has 2 N–H and O–H groups in total. The monoisotopic (exact) mass is 643 g/mol. The van der Waals surface area contributed by atoms with E-state index in [0.29, 0.717) is 24.3 Å². The maximum absolute atomic E-state index is 15.4. The minimum absolute atomic E-state index is 0.0568. The topological polar surface area (TPSA) is 74.4 Å². The van der Waals surface area contributed by atoms with Crippen molar-refractivity contribution in [3.8, 4) is 0 Å². The van der Waals surface area contributed by atoms with Crippen LogP contribution in [-0.2, 0) is 11.3 Å².